The minimum Gasteiger partial charge on any atom is -0.380 e. The van der Waals surface area contributed by atoms with Gasteiger partial charge in [0.1, 0.15) is 0 Å². The lowest BCUT2D eigenvalue weighted by Crippen LogP contribution is -2.59. The van der Waals surface area contributed by atoms with Crippen molar-refractivity contribution in [1.29, 1.82) is 0 Å². The Balaban J connectivity index is 1.79. The first kappa shape index (κ1) is 19.7. The molecule has 1 N–H and O–H groups in total. The fourth-order valence-corrected chi connectivity index (χ4v) is 4.01. The van der Waals surface area contributed by atoms with Crippen molar-refractivity contribution in [3.8, 4) is 0 Å². The molecular weight excluding hydrogens is 302 g/mol. The van der Waals surface area contributed by atoms with Gasteiger partial charge in [0, 0.05) is 44.9 Å². The van der Waals surface area contributed by atoms with Gasteiger partial charge >= 0.3 is 0 Å². The highest BCUT2D eigenvalue weighted by Crippen LogP contribution is 2.19. The summed E-state index contributed by atoms with van der Waals surface area (Å²) < 4.78 is 5.51. The first-order valence-corrected chi connectivity index (χ1v) is 10.0. The van der Waals surface area contributed by atoms with Gasteiger partial charge in [-0.1, -0.05) is 26.2 Å². The number of carbonyl (C=O) groups excluding carboxylic acids is 1. The molecule has 0 bridgehead atoms. The fraction of sp³-hybridized carbons (Fsp3) is 0.947. The maximum Gasteiger partial charge on any atom is 0.237 e. The van der Waals surface area contributed by atoms with Crippen LogP contribution >= 0.6 is 0 Å². The van der Waals surface area contributed by atoms with Crippen molar-refractivity contribution < 1.29 is 9.53 Å². The summed E-state index contributed by atoms with van der Waals surface area (Å²) in [7, 11) is 0. The van der Waals surface area contributed by atoms with E-state index in [1.165, 1.54) is 19.3 Å². The van der Waals surface area contributed by atoms with Gasteiger partial charge in [0.25, 0.3) is 0 Å². The van der Waals surface area contributed by atoms with Crippen LogP contribution in [-0.2, 0) is 9.53 Å². The zero-order chi connectivity index (χ0) is 17.4. The molecule has 1 saturated carbocycles. The molecule has 24 heavy (non-hydrogen) atoms. The van der Waals surface area contributed by atoms with Gasteiger partial charge in [-0.3, -0.25) is 14.6 Å². The molecule has 5 nitrogen and oxygen atoms in total. The van der Waals surface area contributed by atoms with Gasteiger partial charge in [-0.25, -0.2) is 0 Å². The molecule has 140 valence electrons. The molecular formula is C19H37N3O2. The Morgan fingerprint density at radius 1 is 1.21 bits per heavy atom. The zero-order valence-corrected chi connectivity index (χ0v) is 15.9. The van der Waals surface area contributed by atoms with E-state index in [4.69, 9.17) is 4.74 Å². The summed E-state index contributed by atoms with van der Waals surface area (Å²) in [5.74, 6) is 0.222. The Hall–Kier alpha value is -0.650. The van der Waals surface area contributed by atoms with Crippen LogP contribution in [0.3, 0.4) is 0 Å². The van der Waals surface area contributed by atoms with Gasteiger partial charge in [-0.15, -0.1) is 0 Å². The quantitative estimate of drug-likeness (QED) is 0.689. The van der Waals surface area contributed by atoms with Crippen LogP contribution in [0.2, 0.25) is 0 Å². The van der Waals surface area contributed by atoms with Gasteiger partial charge in [0.05, 0.1) is 12.6 Å². The smallest absolute Gasteiger partial charge is 0.237 e. The van der Waals surface area contributed by atoms with Crippen molar-refractivity contribution in [1.82, 2.24) is 15.1 Å². The van der Waals surface area contributed by atoms with Crippen LogP contribution in [0, 0.1) is 0 Å². The molecule has 1 amide bonds. The minimum absolute atomic E-state index is 0.0185. The zero-order valence-electron chi connectivity index (χ0n) is 15.9. The van der Waals surface area contributed by atoms with Crippen molar-refractivity contribution in [2.24, 2.45) is 0 Å². The molecule has 1 aliphatic heterocycles. The van der Waals surface area contributed by atoms with E-state index in [0.29, 0.717) is 12.1 Å². The predicted octanol–water partition coefficient (Wildman–Crippen LogP) is 2.26. The molecule has 2 aliphatic rings. The largest absolute Gasteiger partial charge is 0.380 e. The van der Waals surface area contributed by atoms with E-state index in [9.17, 15) is 4.79 Å². The molecule has 1 heterocycles. The molecule has 0 aromatic carbocycles. The van der Waals surface area contributed by atoms with E-state index in [0.717, 1.165) is 58.7 Å². The molecule has 2 atom stereocenters. The third-order valence-electron chi connectivity index (χ3n) is 5.71. The summed E-state index contributed by atoms with van der Waals surface area (Å²) in [5, 5.41) is 3.29. The summed E-state index contributed by atoms with van der Waals surface area (Å²) in [6.07, 6.45) is 7.28. The Morgan fingerprint density at radius 2 is 1.96 bits per heavy atom. The molecule has 0 radical (unpaired) electrons. The first-order valence-electron chi connectivity index (χ1n) is 10.0. The van der Waals surface area contributed by atoms with Gasteiger partial charge in [-0.05, 0) is 33.1 Å². The van der Waals surface area contributed by atoms with Gasteiger partial charge < -0.3 is 10.1 Å². The molecule has 1 saturated heterocycles. The number of hydrogen-bond acceptors (Lipinski definition) is 4. The lowest BCUT2D eigenvalue weighted by Gasteiger charge is -2.43. The number of amides is 1. The minimum atomic E-state index is -0.0185. The van der Waals surface area contributed by atoms with Gasteiger partial charge in [-0.2, -0.15) is 0 Å². The molecule has 2 rings (SSSR count). The monoisotopic (exact) mass is 339 g/mol. The number of nitrogens with zero attached hydrogens (tertiary/aromatic N) is 2. The summed E-state index contributed by atoms with van der Waals surface area (Å²) >= 11 is 0. The van der Waals surface area contributed by atoms with Crippen LogP contribution in [0.25, 0.3) is 0 Å². The number of piperazine rings is 1. The highest BCUT2D eigenvalue weighted by atomic mass is 16.5. The fourth-order valence-electron chi connectivity index (χ4n) is 4.01. The van der Waals surface area contributed by atoms with Crippen LogP contribution < -0.4 is 5.32 Å². The van der Waals surface area contributed by atoms with Crippen molar-refractivity contribution in [3.05, 3.63) is 0 Å². The number of hydrogen-bond donors (Lipinski definition) is 1. The van der Waals surface area contributed by atoms with E-state index in [2.05, 4.69) is 29.0 Å². The number of nitrogens with one attached hydrogen (secondary N) is 1. The Morgan fingerprint density at radius 3 is 2.62 bits per heavy atom. The van der Waals surface area contributed by atoms with Crippen LogP contribution in [0.5, 0.6) is 0 Å². The summed E-state index contributed by atoms with van der Waals surface area (Å²) in [6.45, 7) is 12.0. The standard InChI is InChI=1S/C19H37N3O2/c1-4-18-15-22(12-11-21(18)13-14-24-5-2)16(3)19(23)20-17-9-7-6-8-10-17/h16-18H,4-15H2,1-3H3,(H,20,23)/t16-,18+/m1/s1. The molecule has 5 heteroatoms. The van der Waals surface area contributed by atoms with E-state index >= 15 is 0 Å². The van der Waals surface area contributed by atoms with Crippen molar-refractivity contribution in [2.75, 3.05) is 39.4 Å². The average molecular weight is 340 g/mol. The van der Waals surface area contributed by atoms with E-state index in [1.807, 2.05) is 6.92 Å². The Labute approximate surface area is 148 Å². The molecule has 1 aliphatic carbocycles. The van der Waals surface area contributed by atoms with Crippen LogP contribution in [0.4, 0.5) is 0 Å². The first-order chi connectivity index (χ1) is 11.7. The highest BCUT2D eigenvalue weighted by Gasteiger charge is 2.31. The predicted molar refractivity (Wildman–Crippen MR) is 98.2 cm³/mol. The number of ether oxygens (including phenoxy) is 1. The second-order valence-electron chi connectivity index (χ2n) is 7.31. The number of carbonyl (C=O) groups is 1. The van der Waals surface area contributed by atoms with Crippen molar-refractivity contribution >= 4 is 5.91 Å². The summed E-state index contributed by atoms with van der Waals surface area (Å²) in [6, 6.07) is 0.919. The van der Waals surface area contributed by atoms with Gasteiger partial charge in [0.15, 0.2) is 0 Å². The maximum atomic E-state index is 12.6. The second-order valence-corrected chi connectivity index (χ2v) is 7.31. The average Bonchev–Trinajstić information content (AvgIpc) is 2.62. The molecule has 0 aromatic heterocycles. The SMILES string of the molecule is CCOCCN1CCN([C@H](C)C(=O)NC2CCCCC2)C[C@@H]1CC. The van der Waals surface area contributed by atoms with Crippen molar-refractivity contribution in [3.63, 3.8) is 0 Å². The van der Waals surface area contributed by atoms with E-state index in [1.54, 1.807) is 0 Å². The lowest BCUT2D eigenvalue weighted by atomic mass is 9.95. The van der Waals surface area contributed by atoms with Gasteiger partial charge in [0.2, 0.25) is 5.91 Å². The maximum absolute atomic E-state index is 12.6. The molecule has 2 fully saturated rings. The molecule has 0 spiro atoms. The highest BCUT2D eigenvalue weighted by molar-refractivity contribution is 5.81. The van der Waals surface area contributed by atoms with Crippen LogP contribution in [-0.4, -0.2) is 73.2 Å². The van der Waals surface area contributed by atoms with Crippen LogP contribution in [0.15, 0.2) is 0 Å². The Bertz CT molecular complexity index is 372. The van der Waals surface area contributed by atoms with Crippen LogP contribution in [0.1, 0.15) is 59.3 Å². The lowest BCUT2D eigenvalue weighted by molar-refractivity contribution is -0.128. The Kier molecular flexibility index (Phi) is 8.50. The summed E-state index contributed by atoms with van der Waals surface area (Å²) in [4.78, 5) is 17.5. The van der Waals surface area contributed by atoms with E-state index < -0.39 is 0 Å². The second kappa shape index (κ2) is 10.4. The van der Waals surface area contributed by atoms with Crippen molar-refractivity contribution in [2.45, 2.75) is 77.4 Å². The van der Waals surface area contributed by atoms with E-state index in [-0.39, 0.29) is 11.9 Å². The molecule has 0 unspecified atom stereocenters. The third-order valence-corrected chi connectivity index (χ3v) is 5.71. The third kappa shape index (κ3) is 5.71. The number of rotatable bonds is 8. The molecule has 0 aromatic rings. The normalized spacial score (nSPS) is 25.5. The summed E-state index contributed by atoms with van der Waals surface area (Å²) in [5.41, 5.74) is 0. The topological polar surface area (TPSA) is 44.8 Å².